The van der Waals surface area contributed by atoms with Crippen molar-refractivity contribution in [1.82, 2.24) is 19.6 Å². The standard InChI is InChI=1S/C19H28ClN5O/c1-19(2,3)26-16-7-9-24(10-8-16)18(21-4)22-11-15-13-25-12-14(20)5-6-17(25)23-15/h5-6,12-13,16H,7-11H2,1-4H3,(H,21,22). The van der Waals surface area contributed by atoms with Gasteiger partial charge < -0.3 is 19.4 Å². The van der Waals surface area contributed by atoms with Crippen LogP contribution in [0.25, 0.3) is 5.65 Å². The summed E-state index contributed by atoms with van der Waals surface area (Å²) in [5.41, 5.74) is 1.76. The van der Waals surface area contributed by atoms with Crippen LogP contribution in [0.1, 0.15) is 39.3 Å². The molecule has 0 atom stereocenters. The van der Waals surface area contributed by atoms with Crippen LogP contribution in [-0.2, 0) is 11.3 Å². The van der Waals surface area contributed by atoms with E-state index in [9.17, 15) is 0 Å². The number of aromatic nitrogens is 2. The average Bonchev–Trinajstić information content (AvgIpc) is 2.97. The van der Waals surface area contributed by atoms with Crippen molar-refractivity contribution in [2.24, 2.45) is 4.99 Å². The van der Waals surface area contributed by atoms with Crippen molar-refractivity contribution in [1.29, 1.82) is 0 Å². The summed E-state index contributed by atoms with van der Waals surface area (Å²) >= 11 is 6.03. The first-order chi connectivity index (χ1) is 12.3. The number of ether oxygens (including phenoxy) is 1. The number of nitrogens with zero attached hydrogens (tertiary/aromatic N) is 4. The summed E-state index contributed by atoms with van der Waals surface area (Å²) in [7, 11) is 1.82. The molecule has 142 valence electrons. The molecule has 2 aromatic rings. The Hall–Kier alpha value is -1.79. The van der Waals surface area contributed by atoms with Crippen molar-refractivity contribution in [2.75, 3.05) is 20.1 Å². The van der Waals surface area contributed by atoms with Crippen molar-refractivity contribution in [3.05, 3.63) is 35.2 Å². The van der Waals surface area contributed by atoms with Gasteiger partial charge in [-0.3, -0.25) is 4.99 Å². The van der Waals surface area contributed by atoms with Crippen LogP contribution in [0.2, 0.25) is 5.02 Å². The Morgan fingerprint density at radius 2 is 2.04 bits per heavy atom. The fourth-order valence-electron chi connectivity index (χ4n) is 3.29. The maximum absolute atomic E-state index is 6.10. The average molecular weight is 378 g/mol. The Labute approximate surface area is 160 Å². The van der Waals surface area contributed by atoms with Crippen LogP contribution in [0.15, 0.2) is 29.5 Å². The van der Waals surface area contributed by atoms with Crippen LogP contribution in [0.5, 0.6) is 0 Å². The highest BCUT2D eigenvalue weighted by atomic mass is 35.5. The minimum Gasteiger partial charge on any atom is -0.372 e. The summed E-state index contributed by atoms with van der Waals surface area (Å²) in [5, 5.41) is 4.12. The van der Waals surface area contributed by atoms with Gasteiger partial charge in [-0.05, 0) is 45.7 Å². The molecule has 3 heterocycles. The first kappa shape index (κ1) is 19.0. The topological polar surface area (TPSA) is 54.2 Å². The number of rotatable bonds is 3. The van der Waals surface area contributed by atoms with E-state index >= 15 is 0 Å². The summed E-state index contributed by atoms with van der Waals surface area (Å²) in [6, 6.07) is 3.77. The highest BCUT2D eigenvalue weighted by Gasteiger charge is 2.25. The second kappa shape index (κ2) is 7.84. The number of hydrogen-bond acceptors (Lipinski definition) is 3. The molecule has 0 amide bonds. The van der Waals surface area contributed by atoms with E-state index in [4.69, 9.17) is 16.3 Å². The van der Waals surface area contributed by atoms with Gasteiger partial charge in [0.1, 0.15) is 5.65 Å². The third kappa shape index (κ3) is 4.89. The molecule has 0 bridgehead atoms. The van der Waals surface area contributed by atoms with Gasteiger partial charge in [-0.1, -0.05) is 11.6 Å². The number of aliphatic imine (C=N–C) groups is 1. The molecule has 1 saturated heterocycles. The maximum Gasteiger partial charge on any atom is 0.193 e. The molecule has 2 aromatic heterocycles. The van der Waals surface area contributed by atoms with Gasteiger partial charge in [0.25, 0.3) is 0 Å². The number of fused-ring (bicyclic) bond motifs is 1. The number of imidazole rings is 1. The van der Waals surface area contributed by atoms with Crippen molar-refractivity contribution in [3.8, 4) is 0 Å². The summed E-state index contributed by atoms with van der Waals surface area (Å²) in [4.78, 5) is 11.3. The van der Waals surface area contributed by atoms with Gasteiger partial charge in [-0.25, -0.2) is 4.98 Å². The lowest BCUT2D eigenvalue weighted by Gasteiger charge is -2.36. The first-order valence-corrected chi connectivity index (χ1v) is 9.48. The van der Waals surface area contributed by atoms with Gasteiger partial charge in [0.15, 0.2) is 5.96 Å². The molecule has 6 nitrogen and oxygen atoms in total. The number of nitrogens with one attached hydrogen (secondary N) is 1. The Morgan fingerprint density at radius 1 is 1.31 bits per heavy atom. The first-order valence-electron chi connectivity index (χ1n) is 9.10. The fourth-order valence-corrected chi connectivity index (χ4v) is 3.46. The predicted molar refractivity (Wildman–Crippen MR) is 106 cm³/mol. The Balaban J connectivity index is 1.55. The summed E-state index contributed by atoms with van der Waals surface area (Å²) in [5.74, 6) is 0.911. The van der Waals surface area contributed by atoms with Crippen LogP contribution >= 0.6 is 11.6 Å². The molecule has 7 heteroatoms. The number of hydrogen-bond donors (Lipinski definition) is 1. The normalized spacial score (nSPS) is 17.1. The van der Waals surface area contributed by atoms with Gasteiger partial charge in [0.2, 0.25) is 0 Å². The monoisotopic (exact) mass is 377 g/mol. The van der Waals surface area contributed by atoms with Crippen LogP contribution in [0.4, 0.5) is 0 Å². The van der Waals surface area contributed by atoms with Gasteiger partial charge in [-0.2, -0.15) is 0 Å². The third-order valence-electron chi connectivity index (χ3n) is 4.37. The lowest BCUT2D eigenvalue weighted by molar-refractivity contribution is -0.0772. The molecular formula is C19H28ClN5O. The molecule has 1 N–H and O–H groups in total. The molecule has 0 unspecified atom stereocenters. The molecule has 1 aliphatic rings. The van der Waals surface area contributed by atoms with E-state index < -0.39 is 0 Å². The molecule has 1 aliphatic heterocycles. The van der Waals surface area contributed by atoms with Crippen LogP contribution in [0, 0.1) is 0 Å². The number of piperidine rings is 1. The Kier molecular flexibility index (Phi) is 5.73. The highest BCUT2D eigenvalue weighted by molar-refractivity contribution is 6.30. The number of likely N-dealkylation sites (tertiary alicyclic amines) is 1. The summed E-state index contributed by atoms with van der Waals surface area (Å²) < 4.78 is 8.04. The van der Waals surface area contributed by atoms with Crippen LogP contribution in [0.3, 0.4) is 0 Å². The van der Waals surface area contributed by atoms with Crippen molar-refractivity contribution in [3.63, 3.8) is 0 Å². The zero-order valence-electron chi connectivity index (χ0n) is 16.0. The van der Waals surface area contributed by atoms with Crippen molar-refractivity contribution >= 4 is 23.2 Å². The largest absolute Gasteiger partial charge is 0.372 e. The fraction of sp³-hybridized carbons (Fsp3) is 0.579. The SMILES string of the molecule is CN=C(NCc1cn2cc(Cl)ccc2n1)N1CCC(OC(C)(C)C)CC1. The Bertz CT molecular complexity index is 772. The van der Waals surface area contributed by atoms with Gasteiger partial charge >= 0.3 is 0 Å². The zero-order valence-corrected chi connectivity index (χ0v) is 16.8. The summed E-state index contributed by atoms with van der Waals surface area (Å²) in [6.07, 6.45) is 6.22. The maximum atomic E-state index is 6.10. The zero-order chi connectivity index (χ0) is 18.7. The van der Waals surface area contributed by atoms with E-state index in [1.807, 2.05) is 36.0 Å². The van der Waals surface area contributed by atoms with Gasteiger partial charge in [-0.15, -0.1) is 0 Å². The molecular weight excluding hydrogens is 350 g/mol. The van der Waals surface area contributed by atoms with Gasteiger partial charge in [0.05, 0.1) is 29.0 Å². The number of halogens is 1. The van der Waals surface area contributed by atoms with Gasteiger partial charge in [0, 0.05) is 32.5 Å². The van der Waals surface area contributed by atoms with E-state index in [0.717, 1.165) is 43.2 Å². The second-order valence-electron chi connectivity index (χ2n) is 7.66. The minimum absolute atomic E-state index is 0.0845. The van der Waals surface area contributed by atoms with E-state index in [-0.39, 0.29) is 5.60 Å². The molecule has 0 radical (unpaired) electrons. The van der Waals surface area contributed by atoms with E-state index in [2.05, 4.69) is 41.0 Å². The molecule has 1 fully saturated rings. The van der Waals surface area contributed by atoms with E-state index in [0.29, 0.717) is 17.7 Å². The minimum atomic E-state index is -0.0845. The Morgan fingerprint density at radius 3 is 2.69 bits per heavy atom. The van der Waals surface area contributed by atoms with Crippen molar-refractivity contribution < 1.29 is 4.74 Å². The number of guanidine groups is 1. The molecule has 0 aliphatic carbocycles. The quantitative estimate of drug-likeness (QED) is 0.658. The second-order valence-corrected chi connectivity index (χ2v) is 8.10. The predicted octanol–water partition coefficient (Wildman–Crippen LogP) is 3.34. The molecule has 0 aromatic carbocycles. The smallest absolute Gasteiger partial charge is 0.193 e. The van der Waals surface area contributed by atoms with Crippen LogP contribution < -0.4 is 5.32 Å². The molecule has 0 spiro atoms. The third-order valence-corrected chi connectivity index (χ3v) is 4.59. The lowest BCUT2D eigenvalue weighted by Crippen LogP contribution is -2.47. The van der Waals surface area contributed by atoms with E-state index in [1.54, 1.807) is 0 Å². The lowest BCUT2D eigenvalue weighted by atomic mass is 10.1. The summed E-state index contributed by atoms with van der Waals surface area (Å²) in [6.45, 7) is 8.86. The highest BCUT2D eigenvalue weighted by Crippen LogP contribution is 2.20. The molecule has 0 saturated carbocycles. The molecule has 26 heavy (non-hydrogen) atoms. The van der Waals surface area contributed by atoms with Crippen molar-refractivity contribution in [2.45, 2.75) is 51.9 Å². The number of pyridine rings is 1. The van der Waals surface area contributed by atoms with Crippen LogP contribution in [-0.4, -0.2) is 52.1 Å². The van der Waals surface area contributed by atoms with E-state index in [1.165, 1.54) is 0 Å². The molecule has 3 rings (SSSR count).